The van der Waals surface area contributed by atoms with E-state index in [-0.39, 0.29) is 5.54 Å². The molecule has 1 aromatic heterocycles. The van der Waals surface area contributed by atoms with E-state index in [0.717, 1.165) is 31.2 Å². The SMILES string of the molecule is CC1(C)CNCCN1Cc1sc2ccccc2c1Cl. The van der Waals surface area contributed by atoms with Gasteiger partial charge < -0.3 is 5.32 Å². The van der Waals surface area contributed by atoms with Crippen LogP contribution in [-0.4, -0.2) is 30.1 Å². The van der Waals surface area contributed by atoms with Gasteiger partial charge in [0.05, 0.1) is 5.02 Å². The molecule has 19 heavy (non-hydrogen) atoms. The second-order valence-electron chi connectivity index (χ2n) is 5.75. The lowest BCUT2D eigenvalue weighted by Gasteiger charge is -2.42. The molecule has 0 amide bonds. The molecule has 2 nitrogen and oxygen atoms in total. The van der Waals surface area contributed by atoms with Gasteiger partial charge in [-0.2, -0.15) is 0 Å². The van der Waals surface area contributed by atoms with Crippen molar-refractivity contribution in [2.75, 3.05) is 19.6 Å². The van der Waals surface area contributed by atoms with E-state index < -0.39 is 0 Å². The van der Waals surface area contributed by atoms with Gasteiger partial charge in [0.15, 0.2) is 0 Å². The number of hydrogen-bond acceptors (Lipinski definition) is 3. The summed E-state index contributed by atoms with van der Waals surface area (Å²) in [5.41, 5.74) is 0.192. The summed E-state index contributed by atoms with van der Waals surface area (Å²) in [5, 5.41) is 5.59. The van der Waals surface area contributed by atoms with Gasteiger partial charge >= 0.3 is 0 Å². The van der Waals surface area contributed by atoms with Crippen molar-refractivity contribution in [3.05, 3.63) is 34.2 Å². The van der Waals surface area contributed by atoms with Crippen molar-refractivity contribution in [1.82, 2.24) is 10.2 Å². The highest BCUT2D eigenvalue weighted by molar-refractivity contribution is 7.19. The van der Waals surface area contributed by atoms with E-state index in [1.54, 1.807) is 0 Å². The monoisotopic (exact) mass is 294 g/mol. The fourth-order valence-electron chi connectivity index (χ4n) is 2.66. The third kappa shape index (κ3) is 2.52. The van der Waals surface area contributed by atoms with Gasteiger partial charge in [0, 0.05) is 46.7 Å². The Morgan fingerprint density at radius 2 is 2.16 bits per heavy atom. The van der Waals surface area contributed by atoms with Gasteiger partial charge in [0.25, 0.3) is 0 Å². The van der Waals surface area contributed by atoms with Gasteiger partial charge in [-0.3, -0.25) is 4.90 Å². The molecular formula is C15H19ClN2S. The highest BCUT2D eigenvalue weighted by Gasteiger charge is 2.30. The Balaban J connectivity index is 1.90. The summed E-state index contributed by atoms with van der Waals surface area (Å²) < 4.78 is 1.29. The van der Waals surface area contributed by atoms with Crippen molar-refractivity contribution in [1.29, 1.82) is 0 Å². The standard InChI is InChI=1S/C15H19ClN2S/c1-15(2)10-17-7-8-18(15)9-13-14(16)11-5-3-4-6-12(11)19-13/h3-6,17H,7-10H2,1-2H3. The maximum absolute atomic E-state index is 6.54. The molecule has 1 aromatic carbocycles. The third-order valence-corrected chi connectivity index (χ3v) is 5.61. The van der Waals surface area contributed by atoms with Crippen molar-refractivity contribution in [3.8, 4) is 0 Å². The average Bonchev–Trinajstić information content (AvgIpc) is 2.70. The lowest BCUT2D eigenvalue weighted by molar-refractivity contribution is 0.0839. The quantitative estimate of drug-likeness (QED) is 0.908. The first-order valence-corrected chi connectivity index (χ1v) is 7.89. The van der Waals surface area contributed by atoms with Gasteiger partial charge in [-0.15, -0.1) is 11.3 Å². The van der Waals surface area contributed by atoms with E-state index in [4.69, 9.17) is 11.6 Å². The fourth-order valence-corrected chi connectivity index (χ4v) is 4.16. The molecule has 0 spiro atoms. The molecule has 102 valence electrons. The molecule has 4 heteroatoms. The first-order valence-electron chi connectivity index (χ1n) is 6.69. The van der Waals surface area contributed by atoms with Crippen molar-refractivity contribution in [2.24, 2.45) is 0 Å². The Labute approximate surface area is 123 Å². The van der Waals surface area contributed by atoms with Crippen LogP contribution < -0.4 is 5.32 Å². The number of halogens is 1. The Morgan fingerprint density at radius 1 is 1.37 bits per heavy atom. The number of benzene rings is 1. The molecule has 2 aromatic rings. The number of hydrogen-bond donors (Lipinski definition) is 1. The van der Waals surface area contributed by atoms with Gasteiger partial charge in [-0.1, -0.05) is 29.8 Å². The van der Waals surface area contributed by atoms with E-state index >= 15 is 0 Å². The Hall–Kier alpha value is -0.610. The zero-order valence-corrected chi connectivity index (χ0v) is 12.9. The first kappa shape index (κ1) is 13.4. The molecular weight excluding hydrogens is 276 g/mol. The van der Waals surface area contributed by atoms with Crippen molar-refractivity contribution >= 4 is 33.0 Å². The molecule has 1 N–H and O–H groups in total. The van der Waals surface area contributed by atoms with Crippen molar-refractivity contribution < 1.29 is 0 Å². The molecule has 0 bridgehead atoms. The maximum atomic E-state index is 6.54. The number of thiophene rings is 1. The van der Waals surface area contributed by atoms with Gasteiger partial charge in [0.1, 0.15) is 0 Å². The predicted molar refractivity (Wildman–Crippen MR) is 84.2 cm³/mol. The van der Waals surface area contributed by atoms with Crippen LogP contribution in [0, 0.1) is 0 Å². The average molecular weight is 295 g/mol. The molecule has 2 heterocycles. The molecule has 0 atom stereocenters. The summed E-state index contributed by atoms with van der Waals surface area (Å²) in [7, 11) is 0. The molecule has 0 radical (unpaired) electrons. The Bertz CT molecular complexity index is 591. The lowest BCUT2D eigenvalue weighted by atomic mass is 10.0. The Kier molecular flexibility index (Phi) is 3.56. The zero-order chi connectivity index (χ0) is 13.5. The molecule has 1 fully saturated rings. The summed E-state index contributed by atoms with van der Waals surface area (Å²) >= 11 is 8.36. The van der Waals surface area contributed by atoms with Crippen LogP contribution in [0.2, 0.25) is 5.02 Å². The minimum Gasteiger partial charge on any atom is -0.314 e. The molecule has 1 aliphatic heterocycles. The first-order chi connectivity index (χ1) is 9.08. The van der Waals surface area contributed by atoms with E-state index in [2.05, 4.69) is 48.3 Å². The topological polar surface area (TPSA) is 15.3 Å². The largest absolute Gasteiger partial charge is 0.314 e. The smallest absolute Gasteiger partial charge is 0.0637 e. The second kappa shape index (κ2) is 5.06. The molecule has 0 unspecified atom stereocenters. The summed E-state index contributed by atoms with van der Waals surface area (Å²) in [6.07, 6.45) is 0. The van der Waals surface area contributed by atoms with Crippen LogP contribution in [0.15, 0.2) is 24.3 Å². The van der Waals surface area contributed by atoms with Crippen LogP contribution in [0.1, 0.15) is 18.7 Å². The second-order valence-corrected chi connectivity index (χ2v) is 7.26. The van der Waals surface area contributed by atoms with Gasteiger partial charge in [-0.25, -0.2) is 0 Å². The minimum atomic E-state index is 0.192. The molecule has 0 saturated carbocycles. The minimum absolute atomic E-state index is 0.192. The number of fused-ring (bicyclic) bond motifs is 1. The number of piperazine rings is 1. The van der Waals surface area contributed by atoms with E-state index in [1.165, 1.54) is 15.0 Å². The van der Waals surface area contributed by atoms with Crippen molar-refractivity contribution in [2.45, 2.75) is 25.9 Å². The summed E-state index contributed by atoms with van der Waals surface area (Å²) in [4.78, 5) is 3.82. The van der Waals surface area contributed by atoms with Crippen LogP contribution in [0.3, 0.4) is 0 Å². The van der Waals surface area contributed by atoms with Crippen LogP contribution in [0.4, 0.5) is 0 Å². The fraction of sp³-hybridized carbons (Fsp3) is 0.467. The molecule has 1 aliphatic rings. The van der Waals surface area contributed by atoms with Gasteiger partial charge in [0.2, 0.25) is 0 Å². The predicted octanol–water partition coefficient (Wildman–Crippen LogP) is 3.74. The molecule has 3 rings (SSSR count). The number of nitrogens with zero attached hydrogens (tertiary/aromatic N) is 1. The number of rotatable bonds is 2. The summed E-state index contributed by atoms with van der Waals surface area (Å²) in [6, 6.07) is 8.39. The zero-order valence-electron chi connectivity index (χ0n) is 11.4. The van der Waals surface area contributed by atoms with Crippen molar-refractivity contribution in [3.63, 3.8) is 0 Å². The van der Waals surface area contributed by atoms with Crippen LogP contribution >= 0.6 is 22.9 Å². The maximum Gasteiger partial charge on any atom is 0.0637 e. The van der Waals surface area contributed by atoms with Gasteiger partial charge in [-0.05, 0) is 19.9 Å². The van der Waals surface area contributed by atoms with Crippen LogP contribution in [0.25, 0.3) is 10.1 Å². The molecule has 1 saturated heterocycles. The lowest BCUT2D eigenvalue weighted by Crippen LogP contribution is -2.57. The molecule has 0 aliphatic carbocycles. The normalized spacial score (nSPS) is 19.9. The highest BCUT2D eigenvalue weighted by atomic mass is 35.5. The summed E-state index contributed by atoms with van der Waals surface area (Å²) in [6.45, 7) is 8.71. The van der Waals surface area contributed by atoms with Crippen LogP contribution in [-0.2, 0) is 6.54 Å². The van der Waals surface area contributed by atoms with E-state index in [0.29, 0.717) is 0 Å². The third-order valence-electron chi connectivity index (χ3n) is 3.91. The highest BCUT2D eigenvalue weighted by Crippen LogP contribution is 2.36. The number of nitrogens with one attached hydrogen (secondary N) is 1. The summed E-state index contributed by atoms with van der Waals surface area (Å²) in [5.74, 6) is 0. The van der Waals surface area contributed by atoms with E-state index in [1.807, 2.05) is 11.3 Å². The van der Waals surface area contributed by atoms with E-state index in [9.17, 15) is 0 Å². The Morgan fingerprint density at radius 3 is 2.89 bits per heavy atom. The van der Waals surface area contributed by atoms with Crippen LogP contribution in [0.5, 0.6) is 0 Å².